The van der Waals surface area contributed by atoms with Gasteiger partial charge in [0.1, 0.15) is 11.9 Å². The molecule has 0 amide bonds. The zero-order chi connectivity index (χ0) is 9.68. The van der Waals surface area contributed by atoms with Crippen LogP contribution in [0.5, 0.6) is 0 Å². The van der Waals surface area contributed by atoms with Gasteiger partial charge in [-0.25, -0.2) is 0 Å². The van der Waals surface area contributed by atoms with Crippen LogP contribution in [0.1, 0.15) is 31.6 Å². The highest BCUT2D eigenvalue weighted by atomic mass is 79.9. The van der Waals surface area contributed by atoms with Crippen LogP contribution >= 0.6 is 15.9 Å². The lowest BCUT2D eigenvalue weighted by atomic mass is 10.1. The fraction of sp³-hybridized carbons (Fsp3) is 0.400. The van der Waals surface area contributed by atoms with Crippen LogP contribution in [0, 0.1) is 11.8 Å². The van der Waals surface area contributed by atoms with E-state index >= 15 is 0 Å². The molecule has 0 bridgehead atoms. The lowest BCUT2D eigenvalue weighted by Crippen LogP contribution is -1.94. The van der Waals surface area contributed by atoms with Crippen LogP contribution in [-0.4, -0.2) is 5.11 Å². The minimum atomic E-state index is -0.549. The molecule has 0 aromatic carbocycles. The van der Waals surface area contributed by atoms with Crippen molar-refractivity contribution < 1.29 is 9.52 Å². The first-order valence-corrected chi connectivity index (χ1v) is 4.86. The van der Waals surface area contributed by atoms with E-state index in [-0.39, 0.29) is 0 Å². The Labute approximate surface area is 86.1 Å². The molecule has 3 heteroatoms. The predicted octanol–water partition coefficient (Wildman–Crippen LogP) is 2.88. The maximum atomic E-state index is 9.58. The van der Waals surface area contributed by atoms with Crippen LogP contribution in [0.2, 0.25) is 0 Å². The molecule has 0 saturated heterocycles. The molecule has 0 aliphatic rings. The van der Waals surface area contributed by atoms with E-state index in [1.165, 1.54) is 0 Å². The molecular weight excluding hydrogens is 232 g/mol. The van der Waals surface area contributed by atoms with E-state index in [9.17, 15) is 5.11 Å². The Bertz CT molecular complexity index is 319. The molecular formula is C10H11BrO2. The minimum absolute atomic E-state index is 0.549. The van der Waals surface area contributed by atoms with E-state index in [0.717, 1.165) is 0 Å². The molecule has 1 N–H and O–H groups in total. The molecule has 0 aliphatic heterocycles. The molecule has 2 nitrogen and oxygen atoms in total. The lowest BCUT2D eigenvalue weighted by Gasteiger charge is -2.03. The Morgan fingerprint density at radius 2 is 2.38 bits per heavy atom. The van der Waals surface area contributed by atoms with Crippen LogP contribution in [0.3, 0.4) is 0 Å². The van der Waals surface area contributed by atoms with Gasteiger partial charge in [0.2, 0.25) is 0 Å². The summed E-state index contributed by atoms with van der Waals surface area (Å²) in [4.78, 5) is 0. The standard InChI is InChI=1S/C10H11BrO2/c1-2-3-4-5-8(12)9-6-7-10(11)13-9/h6-8,12H,4-5H2,1H3. The minimum Gasteiger partial charge on any atom is -0.452 e. The van der Waals surface area contributed by atoms with Gasteiger partial charge in [-0.3, -0.25) is 0 Å². The maximum Gasteiger partial charge on any atom is 0.169 e. The third kappa shape index (κ3) is 3.25. The smallest absolute Gasteiger partial charge is 0.169 e. The highest BCUT2D eigenvalue weighted by Crippen LogP contribution is 2.23. The summed E-state index contributed by atoms with van der Waals surface area (Å²) in [6, 6.07) is 3.53. The molecule has 1 atom stereocenters. The summed E-state index contributed by atoms with van der Waals surface area (Å²) in [6.45, 7) is 1.79. The Kier molecular flexibility index (Phi) is 4.07. The number of furan rings is 1. The first-order chi connectivity index (χ1) is 6.24. The van der Waals surface area contributed by atoms with E-state index in [1.807, 2.05) is 0 Å². The van der Waals surface area contributed by atoms with Gasteiger partial charge in [0.25, 0.3) is 0 Å². The average Bonchev–Trinajstić information content (AvgIpc) is 2.52. The molecule has 1 aromatic heterocycles. The second-order valence-electron chi connectivity index (χ2n) is 2.62. The summed E-state index contributed by atoms with van der Waals surface area (Å²) in [7, 11) is 0. The number of aliphatic hydroxyl groups is 1. The van der Waals surface area contributed by atoms with Crippen molar-refractivity contribution in [3.8, 4) is 11.8 Å². The van der Waals surface area contributed by atoms with Crippen LogP contribution in [0.15, 0.2) is 21.2 Å². The van der Waals surface area contributed by atoms with Gasteiger partial charge in [0, 0.05) is 6.42 Å². The van der Waals surface area contributed by atoms with Gasteiger partial charge >= 0.3 is 0 Å². The molecule has 70 valence electrons. The van der Waals surface area contributed by atoms with Crippen LogP contribution < -0.4 is 0 Å². The van der Waals surface area contributed by atoms with Crippen molar-refractivity contribution in [2.75, 3.05) is 0 Å². The summed E-state index contributed by atoms with van der Waals surface area (Å²) >= 11 is 3.18. The van der Waals surface area contributed by atoms with Crippen molar-refractivity contribution in [3.05, 3.63) is 22.6 Å². The second-order valence-corrected chi connectivity index (χ2v) is 3.40. The Balaban J connectivity index is 2.47. The Morgan fingerprint density at radius 1 is 1.62 bits per heavy atom. The maximum absolute atomic E-state index is 9.58. The number of rotatable bonds is 3. The number of hydrogen-bond acceptors (Lipinski definition) is 2. The molecule has 0 aliphatic carbocycles. The van der Waals surface area contributed by atoms with Crippen LogP contribution in [0.4, 0.5) is 0 Å². The normalized spacial score (nSPS) is 11.9. The van der Waals surface area contributed by atoms with Crippen molar-refractivity contribution in [3.63, 3.8) is 0 Å². The van der Waals surface area contributed by atoms with Crippen molar-refractivity contribution in [1.29, 1.82) is 0 Å². The average molecular weight is 243 g/mol. The predicted molar refractivity (Wildman–Crippen MR) is 54.1 cm³/mol. The molecule has 1 rings (SSSR count). The molecule has 1 unspecified atom stereocenters. The molecule has 1 aromatic rings. The number of aliphatic hydroxyl groups excluding tert-OH is 1. The van der Waals surface area contributed by atoms with Gasteiger partial charge in [0.05, 0.1) is 0 Å². The van der Waals surface area contributed by atoms with Gasteiger partial charge < -0.3 is 9.52 Å². The van der Waals surface area contributed by atoms with Gasteiger partial charge in [-0.2, -0.15) is 0 Å². The van der Waals surface area contributed by atoms with Crippen molar-refractivity contribution in [1.82, 2.24) is 0 Å². The van der Waals surface area contributed by atoms with Crippen molar-refractivity contribution in [2.24, 2.45) is 0 Å². The lowest BCUT2D eigenvalue weighted by molar-refractivity contribution is 0.140. The van der Waals surface area contributed by atoms with E-state index in [0.29, 0.717) is 23.3 Å². The summed E-state index contributed by atoms with van der Waals surface area (Å²) in [5.74, 6) is 6.26. The molecule has 0 spiro atoms. The zero-order valence-electron chi connectivity index (χ0n) is 7.38. The Morgan fingerprint density at radius 3 is 2.92 bits per heavy atom. The highest BCUT2D eigenvalue weighted by molar-refractivity contribution is 9.10. The number of hydrogen-bond donors (Lipinski definition) is 1. The van der Waals surface area contributed by atoms with Crippen LogP contribution in [-0.2, 0) is 0 Å². The largest absolute Gasteiger partial charge is 0.452 e. The van der Waals surface area contributed by atoms with Gasteiger partial charge in [-0.15, -0.1) is 11.8 Å². The quantitative estimate of drug-likeness (QED) is 0.828. The summed E-state index contributed by atoms with van der Waals surface area (Å²) in [5.41, 5.74) is 0. The van der Waals surface area contributed by atoms with E-state index in [4.69, 9.17) is 4.42 Å². The molecule has 13 heavy (non-hydrogen) atoms. The fourth-order valence-electron chi connectivity index (χ4n) is 0.984. The first kappa shape index (κ1) is 10.4. The van der Waals surface area contributed by atoms with Crippen molar-refractivity contribution >= 4 is 15.9 Å². The molecule has 0 radical (unpaired) electrons. The summed E-state index contributed by atoms with van der Waals surface area (Å²) < 4.78 is 5.84. The monoisotopic (exact) mass is 242 g/mol. The zero-order valence-corrected chi connectivity index (χ0v) is 8.97. The topological polar surface area (TPSA) is 33.4 Å². The van der Waals surface area contributed by atoms with E-state index in [2.05, 4.69) is 27.8 Å². The van der Waals surface area contributed by atoms with Crippen molar-refractivity contribution in [2.45, 2.75) is 25.9 Å². The molecule has 0 fully saturated rings. The summed E-state index contributed by atoms with van der Waals surface area (Å²) in [6.07, 6.45) is 0.753. The highest BCUT2D eigenvalue weighted by Gasteiger charge is 2.10. The first-order valence-electron chi connectivity index (χ1n) is 4.07. The fourth-order valence-corrected chi connectivity index (χ4v) is 1.30. The third-order valence-corrected chi connectivity index (χ3v) is 2.07. The number of halogens is 1. The SMILES string of the molecule is CC#CCCC(O)c1ccc(Br)o1. The molecule has 1 heterocycles. The van der Waals surface area contributed by atoms with Crippen LogP contribution in [0.25, 0.3) is 0 Å². The second kappa shape index (κ2) is 5.11. The Hall–Kier alpha value is -0.720. The van der Waals surface area contributed by atoms with Gasteiger partial charge in [-0.05, 0) is 41.4 Å². The molecule has 0 saturated carbocycles. The van der Waals surface area contributed by atoms with E-state index < -0.39 is 6.10 Å². The van der Waals surface area contributed by atoms with E-state index in [1.54, 1.807) is 19.1 Å². The summed E-state index contributed by atoms with van der Waals surface area (Å²) in [5, 5.41) is 9.58. The third-order valence-electron chi connectivity index (χ3n) is 1.64. The van der Waals surface area contributed by atoms with Gasteiger partial charge in [-0.1, -0.05) is 0 Å². The van der Waals surface area contributed by atoms with Gasteiger partial charge in [0.15, 0.2) is 4.67 Å².